The van der Waals surface area contributed by atoms with Gasteiger partial charge in [0.1, 0.15) is 0 Å². The summed E-state index contributed by atoms with van der Waals surface area (Å²) >= 11 is 0. The Kier molecular flexibility index (Phi) is 4.16. The fourth-order valence-corrected chi connectivity index (χ4v) is 2.87. The van der Waals surface area contributed by atoms with E-state index in [1.807, 2.05) is 12.4 Å². The molecule has 1 aromatic heterocycles. The van der Waals surface area contributed by atoms with E-state index in [2.05, 4.69) is 42.6 Å². The molecule has 2 aliphatic heterocycles. The van der Waals surface area contributed by atoms with Gasteiger partial charge in [-0.15, -0.1) is 0 Å². The summed E-state index contributed by atoms with van der Waals surface area (Å²) in [6.45, 7) is 10.3. The maximum Gasteiger partial charge on any atom is 0.498 e. The lowest BCUT2D eigenvalue weighted by atomic mass is 9.81. The van der Waals surface area contributed by atoms with Crippen LogP contribution in [0.3, 0.4) is 0 Å². The van der Waals surface area contributed by atoms with E-state index in [1.165, 1.54) is 25.7 Å². The lowest BCUT2D eigenvalue weighted by molar-refractivity contribution is 0.00578. The molecule has 2 fully saturated rings. The minimum Gasteiger partial charge on any atom is -0.399 e. The highest BCUT2D eigenvalue weighted by atomic mass is 16.7. The molecule has 0 amide bonds. The number of rotatable bonds is 2. The van der Waals surface area contributed by atoms with Gasteiger partial charge in [0, 0.05) is 30.9 Å². The summed E-state index contributed by atoms with van der Waals surface area (Å²) in [5, 5.41) is 0. The summed E-state index contributed by atoms with van der Waals surface area (Å²) < 4.78 is 12.1. The van der Waals surface area contributed by atoms with Gasteiger partial charge in [0.25, 0.3) is 0 Å². The van der Waals surface area contributed by atoms with Crippen molar-refractivity contribution in [1.82, 2.24) is 9.97 Å². The number of hydrogen-bond acceptors (Lipinski definition) is 5. The largest absolute Gasteiger partial charge is 0.498 e. The summed E-state index contributed by atoms with van der Waals surface area (Å²) in [6, 6.07) is 0. The summed E-state index contributed by atoms with van der Waals surface area (Å²) in [7, 11) is -0.386. The van der Waals surface area contributed by atoms with Crippen molar-refractivity contribution in [3.8, 4) is 0 Å². The van der Waals surface area contributed by atoms with Crippen molar-refractivity contribution in [3.05, 3.63) is 12.4 Å². The third-order valence-corrected chi connectivity index (χ3v) is 5.07. The van der Waals surface area contributed by atoms with Crippen molar-refractivity contribution in [2.24, 2.45) is 0 Å². The highest BCUT2D eigenvalue weighted by Crippen LogP contribution is 2.36. The Morgan fingerprint density at radius 1 is 0.909 bits per heavy atom. The molecule has 0 unspecified atom stereocenters. The Balaban J connectivity index is 1.72. The second-order valence-electron chi connectivity index (χ2n) is 7.31. The maximum absolute atomic E-state index is 6.04. The van der Waals surface area contributed by atoms with Crippen LogP contribution in [0, 0.1) is 0 Å². The van der Waals surface area contributed by atoms with E-state index in [9.17, 15) is 0 Å². The number of nitrogens with zero attached hydrogens (tertiary/aromatic N) is 3. The Morgan fingerprint density at radius 3 is 1.91 bits per heavy atom. The van der Waals surface area contributed by atoms with Gasteiger partial charge < -0.3 is 14.2 Å². The Morgan fingerprint density at radius 2 is 1.41 bits per heavy atom. The normalized spacial score (nSPS) is 24.4. The van der Waals surface area contributed by atoms with Crippen LogP contribution in [0.25, 0.3) is 0 Å². The first-order chi connectivity index (χ1) is 10.4. The molecule has 0 saturated carbocycles. The van der Waals surface area contributed by atoms with Crippen LogP contribution in [-0.4, -0.2) is 41.4 Å². The highest BCUT2D eigenvalue weighted by Gasteiger charge is 2.51. The van der Waals surface area contributed by atoms with Gasteiger partial charge in [-0.1, -0.05) is 12.8 Å². The molecule has 3 heterocycles. The molecule has 2 saturated heterocycles. The van der Waals surface area contributed by atoms with Gasteiger partial charge in [0.2, 0.25) is 5.95 Å². The fraction of sp³-hybridized carbons (Fsp3) is 0.750. The van der Waals surface area contributed by atoms with E-state index < -0.39 is 0 Å². The van der Waals surface area contributed by atoms with Crippen LogP contribution in [0.1, 0.15) is 53.4 Å². The molecule has 0 aromatic carbocycles. The first kappa shape index (κ1) is 15.7. The lowest BCUT2D eigenvalue weighted by Gasteiger charge is -2.32. The Labute approximate surface area is 133 Å². The van der Waals surface area contributed by atoms with Crippen molar-refractivity contribution >= 4 is 18.5 Å². The molecule has 6 heteroatoms. The van der Waals surface area contributed by atoms with E-state index in [4.69, 9.17) is 9.31 Å². The summed E-state index contributed by atoms with van der Waals surface area (Å²) in [4.78, 5) is 11.4. The zero-order valence-corrected chi connectivity index (χ0v) is 14.1. The second-order valence-corrected chi connectivity index (χ2v) is 7.31. The van der Waals surface area contributed by atoms with Gasteiger partial charge >= 0.3 is 7.12 Å². The Hall–Kier alpha value is -1.14. The molecule has 5 nitrogen and oxygen atoms in total. The predicted molar refractivity (Wildman–Crippen MR) is 88.4 cm³/mol. The molecule has 22 heavy (non-hydrogen) atoms. The van der Waals surface area contributed by atoms with Crippen molar-refractivity contribution in [3.63, 3.8) is 0 Å². The Bertz CT molecular complexity index is 495. The fourth-order valence-electron chi connectivity index (χ4n) is 2.87. The van der Waals surface area contributed by atoms with Crippen LogP contribution in [0.2, 0.25) is 0 Å². The van der Waals surface area contributed by atoms with Crippen molar-refractivity contribution < 1.29 is 9.31 Å². The van der Waals surface area contributed by atoms with E-state index >= 15 is 0 Å². The quantitative estimate of drug-likeness (QED) is 0.784. The van der Waals surface area contributed by atoms with E-state index in [0.29, 0.717) is 0 Å². The number of anilines is 1. The predicted octanol–water partition coefficient (Wildman–Crippen LogP) is 2.16. The third kappa shape index (κ3) is 2.99. The first-order valence-corrected chi connectivity index (χ1v) is 8.32. The van der Waals surface area contributed by atoms with Gasteiger partial charge in [-0.3, -0.25) is 0 Å². The molecule has 0 aliphatic carbocycles. The van der Waals surface area contributed by atoms with Crippen LogP contribution in [-0.2, 0) is 9.31 Å². The number of aromatic nitrogens is 2. The summed E-state index contributed by atoms with van der Waals surface area (Å²) in [6.07, 6.45) is 8.75. The topological polar surface area (TPSA) is 47.5 Å². The van der Waals surface area contributed by atoms with Crippen LogP contribution in [0.15, 0.2) is 12.4 Å². The third-order valence-electron chi connectivity index (χ3n) is 5.07. The van der Waals surface area contributed by atoms with Crippen LogP contribution < -0.4 is 10.4 Å². The number of hydrogen-bond donors (Lipinski definition) is 0. The average Bonchev–Trinajstić information content (AvgIpc) is 2.67. The zero-order valence-electron chi connectivity index (χ0n) is 14.1. The first-order valence-electron chi connectivity index (χ1n) is 8.32. The second kappa shape index (κ2) is 5.82. The molecular weight excluding hydrogens is 277 g/mol. The lowest BCUT2D eigenvalue weighted by Crippen LogP contribution is -2.41. The molecule has 1 aromatic rings. The van der Waals surface area contributed by atoms with Crippen LogP contribution in [0.5, 0.6) is 0 Å². The van der Waals surface area contributed by atoms with Crippen LogP contribution in [0.4, 0.5) is 5.95 Å². The zero-order chi connectivity index (χ0) is 15.8. The summed E-state index contributed by atoms with van der Waals surface area (Å²) in [5.41, 5.74) is 0.222. The molecule has 3 rings (SSSR count). The minimum atomic E-state index is -0.386. The van der Waals surface area contributed by atoms with Gasteiger partial charge in [0.15, 0.2) is 0 Å². The SMILES string of the molecule is CC1(C)OB(c2cnc(N3CCCCCC3)nc2)OC1(C)C. The molecule has 2 aliphatic rings. The van der Waals surface area contributed by atoms with Gasteiger partial charge in [-0.05, 0) is 40.5 Å². The van der Waals surface area contributed by atoms with E-state index in [1.54, 1.807) is 0 Å². The van der Waals surface area contributed by atoms with E-state index in [-0.39, 0.29) is 18.3 Å². The molecule has 0 N–H and O–H groups in total. The standard InChI is InChI=1S/C16H26BN3O2/c1-15(2)16(3,4)22-17(21-15)13-11-18-14(19-12-13)20-9-7-5-6-8-10-20/h11-12H,5-10H2,1-4H3. The van der Waals surface area contributed by atoms with Gasteiger partial charge in [0.05, 0.1) is 11.2 Å². The summed E-state index contributed by atoms with van der Waals surface area (Å²) in [5.74, 6) is 0.821. The smallest absolute Gasteiger partial charge is 0.399 e. The minimum absolute atomic E-state index is 0.332. The van der Waals surface area contributed by atoms with Crippen molar-refractivity contribution in [1.29, 1.82) is 0 Å². The average molecular weight is 303 g/mol. The molecule has 0 atom stereocenters. The highest BCUT2D eigenvalue weighted by molar-refractivity contribution is 6.61. The van der Waals surface area contributed by atoms with Crippen molar-refractivity contribution in [2.45, 2.75) is 64.6 Å². The molecule has 120 valence electrons. The van der Waals surface area contributed by atoms with Crippen LogP contribution >= 0.6 is 0 Å². The molecule has 0 spiro atoms. The maximum atomic E-state index is 6.04. The molecular formula is C16H26BN3O2. The monoisotopic (exact) mass is 303 g/mol. The van der Waals surface area contributed by atoms with E-state index in [0.717, 1.165) is 24.5 Å². The molecule has 0 bridgehead atoms. The molecule has 0 radical (unpaired) electrons. The van der Waals surface area contributed by atoms with Gasteiger partial charge in [-0.2, -0.15) is 0 Å². The van der Waals surface area contributed by atoms with Gasteiger partial charge in [-0.25, -0.2) is 9.97 Å². The van der Waals surface area contributed by atoms with Crippen molar-refractivity contribution in [2.75, 3.05) is 18.0 Å².